The predicted molar refractivity (Wildman–Crippen MR) is 100 cm³/mol. The minimum atomic E-state index is -0.415. The van der Waals surface area contributed by atoms with Gasteiger partial charge in [0, 0.05) is 29.0 Å². The van der Waals surface area contributed by atoms with Crippen LogP contribution in [0.2, 0.25) is 0 Å². The number of hydrogen-bond donors (Lipinski definition) is 0. The summed E-state index contributed by atoms with van der Waals surface area (Å²) in [6, 6.07) is 11.8. The fourth-order valence-electron chi connectivity index (χ4n) is 2.42. The first-order valence-corrected chi connectivity index (χ1v) is 8.86. The van der Waals surface area contributed by atoms with E-state index < -0.39 is 4.92 Å². The SMILES string of the molecule is COc1cc(OC)cc(-c2nnc(S[C@H](C)c3cccc([N+](=O)[O-])c3)o2)c1. The lowest BCUT2D eigenvalue weighted by molar-refractivity contribution is -0.384. The Morgan fingerprint density at radius 1 is 1.11 bits per heavy atom. The van der Waals surface area contributed by atoms with E-state index in [0.717, 1.165) is 5.56 Å². The molecule has 3 rings (SSSR count). The van der Waals surface area contributed by atoms with Gasteiger partial charge in [0.25, 0.3) is 10.9 Å². The molecule has 0 aliphatic rings. The molecule has 9 heteroatoms. The number of methoxy groups -OCH3 is 2. The average molecular weight is 387 g/mol. The van der Waals surface area contributed by atoms with Crippen molar-refractivity contribution in [3.05, 3.63) is 58.1 Å². The number of hydrogen-bond acceptors (Lipinski definition) is 8. The molecule has 0 radical (unpaired) electrons. The number of benzene rings is 2. The van der Waals surface area contributed by atoms with Gasteiger partial charge in [-0.1, -0.05) is 23.9 Å². The van der Waals surface area contributed by atoms with Crippen molar-refractivity contribution in [3.8, 4) is 23.0 Å². The van der Waals surface area contributed by atoms with Crippen LogP contribution in [0.4, 0.5) is 5.69 Å². The van der Waals surface area contributed by atoms with Gasteiger partial charge in [0.15, 0.2) is 0 Å². The Labute approximate surface area is 159 Å². The van der Waals surface area contributed by atoms with Crippen molar-refractivity contribution in [1.82, 2.24) is 10.2 Å². The van der Waals surface area contributed by atoms with E-state index in [2.05, 4.69) is 10.2 Å². The molecule has 0 aliphatic heterocycles. The van der Waals surface area contributed by atoms with Crippen LogP contribution in [-0.4, -0.2) is 29.3 Å². The molecule has 27 heavy (non-hydrogen) atoms. The van der Waals surface area contributed by atoms with Gasteiger partial charge in [-0.2, -0.15) is 0 Å². The van der Waals surface area contributed by atoms with Crippen LogP contribution in [0.15, 0.2) is 52.1 Å². The molecule has 0 spiro atoms. The van der Waals surface area contributed by atoms with Crippen LogP contribution in [0.3, 0.4) is 0 Å². The summed E-state index contributed by atoms with van der Waals surface area (Å²) in [7, 11) is 3.13. The molecule has 0 unspecified atom stereocenters. The van der Waals surface area contributed by atoms with E-state index in [1.807, 2.05) is 13.0 Å². The van der Waals surface area contributed by atoms with Crippen molar-refractivity contribution < 1.29 is 18.8 Å². The fraction of sp³-hybridized carbons (Fsp3) is 0.222. The van der Waals surface area contributed by atoms with Gasteiger partial charge in [0.2, 0.25) is 5.89 Å². The first kappa shape index (κ1) is 18.7. The van der Waals surface area contributed by atoms with Gasteiger partial charge in [-0.05, 0) is 24.6 Å². The molecular weight excluding hydrogens is 370 g/mol. The van der Waals surface area contributed by atoms with Crippen molar-refractivity contribution in [3.63, 3.8) is 0 Å². The highest BCUT2D eigenvalue weighted by Gasteiger charge is 2.17. The molecule has 1 atom stereocenters. The maximum Gasteiger partial charge on any atom is 0.277 e. The fourth-order valence-corrected chi connectivity index (χ4v) is 3.22. The molecule has 8 nitrogen and oxygen atoms in total. The third-order valence-corrected chi connectivity index (χ3v) is 4.83. The molecule has 0 saturated carbocycles. The largest absolute Gasteiger partial charge is 0.497 e. The normalized spacial score (nSPS) is 11.8. The molecule has 0 saturated heterocycles. The molecule has 1 heterocycles. The second-order valence-electron chi connectivity index (χ2n) is 5.59. The number of nitro benzene ring substituents is 1. The number of aromatic nitrogens is 2. The van der Waals surface area contributed by atoms with Crippen molar-refractivity contribution in [2.24, 2.45) is 0 Å². The Hall–Kier alpha value is -3.07. The quantitative estimate of drug-likeness (QED) is 0.331. The second kappa shape index (κ2) is 8.09. The Balaban J connectivity index is 1.80. The molecule has 0 aliphatic carbocycles. The van der Waals surface area contributed by atoms with Gasteiger partial charge in [-0.25, -0.2) is 0 Å². The Morgan fingerprint density at radius 3 is 2.44 bits per heavy atom. The van der Waals surface area contributed by atoms with E-state index >= 15 is 0 Å². The zero-order chi connectivity index (χ0) is 19.4. The number of thioether (sulfide) groups is 1. The van der Waals surface area contributed by atoms with Gasteiger partial charge < -0.3 is 13.9 Å². The lowest BCUT2D eigenvalue weighted by Crippen LogP contribution is -1.92. The van der Waals surface area contributed by atoms with Gasteiger partial charge in [0.1, 0.15) is 11.5 Å². The third-order valence-electron chi connectivity index (χ3n) is 3.83. The summed E-state index contributed by atoms with van der Waals surface area (Å²) >= 11 is 1.33. The summed E-state index contributed by atoms with van der Waals surface area (Å²) in [6.45, 7) is 1.92. The zero-order valence-electron chi connectivity index (χ0n) is 14.9. The first-order chi connectivity index (χ1) is 13.0. The van der Waals surface area contributed by atoms with Crippen LogP contribution in [0, 0.1) is 10.1 Å². The molecule has 140 valence electrons. The van der Waals surface area contributed by atoms with Crippen LogP contribution >= 0.6 is 11.8 Å². The third kappa shape index (κ3) is 4.37. The molecule has 0 N–H and O–H groups in total. The maximum absolute atomic E-state index is 10.9. The zero-order valence-corrected chi connectivity index (χ0v) is 15.7. The van der Waals surface area contributed by atoms with Crippen molar-refractivity contribution in [1.29, 1.82) is 0 Å². The predicted octanol–water partition coefficient (Wildman–Crippen LogP) is 4.52. The summed E-state index contributed by atoms with van der Waals surface area (Å²) in [6.07, 6.45) is 0. The van der Waals surface area contributed by atoms with Gasteiger partial charge in [-0.3, -0.25) is 10.1 Å². The number of rotatable bonds is 7. The van der Waals surface area contributed by atoms with E-state index in [9.17, 15) is 10.1 Å². The molecule has 2 aromatic carbocycles. The Morgan fingerprint density at radius 2 is 1.81 bits per heavy atom. The highest BCUT2D eigenvalue weighted by Crippen LogP contribution is 2.37. The minimum Gasteiger partial charge on any atom is -0.497 e. The summed E-state index contributed by atoms with van der Waals surface area (Å²) in [5.74, 6) is 1.56. The Kier molecular flexibility index (Phi) is 5.60. The van der Waals surface area contributed by atoms with Crippen molar-refractivity contribution in [2.45, 2.75) is 17.4 Å². The molecule has 1 aromatic heterocycles. The lowest BCUT2D eigenvalue weighted by Gasteiger charge is -2.08. The topological polar surface area (TPSA) is 101 Å². The van der Waals surface area contributed by atoms with Crippen molar-refractivity contribution in [2.75, 3.05) is 14.2 Å². The van der Waals surface area contributed by atoms with Gasteiger partial charge >= 0.3 is 0 Å². The van der Waals surface area contributed by atoms with Gasteiger partial charge in [-0.15, -0.1) is 10.2 Å². The second-order valence-corrected chi connectivity index (χ2v) is 6.88. The summed E-state index contributed by atoms with van der Waals surface area (Å²) in [5.41, 5.74) is 1.53. The maximum atomic E-state index is 10.9. The summed E-state index contributed by atoms with van der Waals surface area (Å²) < 4.78 is 16.2. The Bertz CT molecular complexity index is 937. The lowest BCUT2D eigenvalue weighted by atomic mass is 10.1. The molecule has 0 bridgehead atoms. The molecular formula is C18H17N3O5S. The molecule has 0 amide bonds. The number of nitro groups is 1. The highest BCUT2D eigenvalue weighted by molar-refractivity contribution is 7.99. The smallest absolute Gasteiger partial charge is 0.277 e. The van der Waals surface area contributed by atoms with E-state index in [1.165, 1.54) is 17.8 Å². The van der Waals surface area contributed by atoms with E-state index in [4.69, 9.17) is 13.9 Å². The standard InChI is InChI=1S/C18H17N3O5S/c1-11(12-5-4-6-14(7-12)21(22)23)27-18-20-19-17(26-18)13-8-15(24-2)10-16(9-13)25-3/h4-11H,1-3H3/t11-/m1/s1. The van der Waals surface area contributed by atoms with E-state index in [0.29, 0.717) is 28.2 Å². The van der Waals surface area contributed by atoms with E-state index in [1.54, 1.807) is 44.6 Å². The number of ether oxygens (including phenoxy) is 2. The summed E-state index contributed by atoms with van der Waals surface area (Å²) in [4.78, 5) is 10.5. The number of non-ortho nitro benzene ring substituents is 1. The van der Waals surface area contributed by atoms with Crippen LogP contribution in [0.25, 0.3) is 11.5 Å². The van der Waals surface area contributed by atoms with E-state index in [-0.39, 0.29) is 10.9 Å². The summed E-state index contributed by atoms with van der Waals surface area (Å²) in [5, 5.41) is 19.3. The van der Waals surface area contributed by atoms with Crippen LogP contribution in [-0.2, 0) is 0 Å². The monoisotopic (exact) mass is 387 g/mol. The average Bonchev–Trinajstić information content (AvgIpc) is 3.16. The van der Waals surface area contributed by atoms with Crippen LogP contribution < -0.4 is 9.47 Å². The molecule has 0 fully saturated rings. The van der Waals surface area contributed by atoms with Gasteiger partial charge in [0.05, 0.1) is 19.1 Å². The van der Waals surface area contributed by atoms with Crippen molar-refractivity contribution >= 4 is 17.4 Å². The van der Waals surface area contributed by atoms with Crippen LogP contribution in [0.5, 0.6) is 11.5 Å². The minimum absolute atomic E-state index is 0.0506. The van der Waals surface area contributed by atoms with Crippen LogP contribution in [0.1, 0.15) is 17.7 Å². The highest BCUT2D eigenvalue weighted by atomic mass is 32.2. The molecule has 3 aromatic rings. The number of nitrogens with zero attached hydrogens (tertiary/aromatic N) is 3. The first-order valence-electron chi connectivity index (χ1n) is 7.98.